The molecule has 0 saturated carbocycles. The van der Waals surface area contributed by atoms with Crippen LogP contribution in [0.25, 0.3) is 87.8 Å². The molecule has 0 spiro atoms. The van der Waals surface area contributed by atoms with E-state index in [2.05, 4.69) is 82.2 Å². The van der Waals surface area contributed by atoms with Crippen molar-refractivity contribution in [2.24, 2.45) is 0 Å². The molecule has 9 aromatic rings. The van der Waals surface area contributed by atoms with Crippen molar-refractivity contribution in [2.75, 3.05) is 0 Å². The van der Waals surface area contributed by atoms with Crippen LogP contribution in [0.2, 0.25) is 0 Å². The lowest BCUT2D eigenvalue weighted by Gasteiger charge is -2.12. The van der Waals surface area contributed by atoms with E-state index in [1.165, 1.54) is 5.39 Å². The molecule has 44 heavy (non-hydrogen) atoms. The molecule has 204 valence electrons. The molecule has 9 rings (SSSR count). The summed E-state index contributed by atoms with van der Waals surface area (Å²) in [4.78, 5) is 13.6. The first-order chi connectivity index (χ1) is 21.7. The van der Waals surface area contributed by atoms with Crippen LogP contribution in [0.4, 0.5) is 5.69 Å². The largest absolute Gasteiger partial charge is 0.456 e. The number of aromatic nitrogens is 3. The molecule has 0 radical (unpaired) electrons. The summed E-state index contributed by atoms with van der Waals surface area (Å²) in [5.74, 6) is 0.652. The van der Waals surface area contributed by atoms with E-state index in [0.717, 1.165) is 71.8 Å². The molecule has 0 amide bonds. The highest BCUT2D eigenvalue weighted by molar-refractivity contribution is 6.17. The van der Waals surface area contributed by atoms with Gasteiger partial charge >= 0.3 is 0 Å². The van der Waals surface area contributed by atoms with Gasteiger partial charge < -0.3 is 8.98 Å². The first kappa shape index (κ1) is 24.4. The molecule has 0 fully saturated rings. The zero-order valence-corrected chi connectivity index (χ0v) is 23.4. The molecule has 0 unspecified atom stereocenters. The number of rotatable bonds is 3. The van der Waals surface area contributed by atoms with E-state index in [4.69, 9.17) is 21.0 Å². The number of hydrogen-bond acceptors (Lipinski definition) is 3. The highest BCUT2D eigenvalue weighted by Crippen LogP contribution is 2.39. The Hall–Kier alpha value is -6.25. The third kappa shape index (κ3) is 3.65. The minimum atomic E-state index is 0.604. The molecule has 5 nitrogen and oxygen atoms in total. The summed E-state index contributed by atoms with van der Waals surface area (Å²) in [5, 5.41) is 5.49. The van der Waals surface area contributed by atoms with Crippen molar-refractivity contribution in [3.8, 4) is 28.3 Å². The summed E-state index contributed by atoms with van der Waals surface area (Å²) in [6, 6.07) is 45.2. The van der Waals surface area contributed by atoms with Crippen LogP contribution in [0.15, 0.2) is 138 Å². The summed E-state index contributed by atoms with van der Waals surface area (Å²) in [7, 11) is 0. The maximum Gasteiger partial charge on any atom is 0.187 e. The van der Waals surface area contributed by atoms with Gasteiger partial charge in [-0.2, -0.15) is 0 Å². The van der Waals surface area contributed by atoms with E-state index >= 15 is 0 Å². The van der Waals surface area contributed by atoms with E-state index in [1.807, 2.05) is 60.7 Å². The topological polar surface area (TPSA) is 48.2 Å². The average molecular weight is 563 g/mol. The molecule has 0 aliphatic heterocycles. The number of nitrogens with zero attached hydrogens (tertiary/aromatic N) is 4. The summed E-state index contributed by atoms with van der Waals surface area (Å²) in [6.07, 6.45) is 0. The van der Waals surface area contributed by atoms with Crippen molar-refractivity contribution < 1.29 is 4.42 Å². The minimum Gasteiger partial charge on any atom is -0.456 e. The SMILES string of the molecule is [C-]#[N+]c1ccc(-c2nc(-c3cccc(-n4c5ccccc5c5cc6oc7ccccc7c6cc54)c3)nc3ccccc23)cc1. The maximum absolute atomic E-state index is 7.34. The van der Waals surface area contributed by atoms with E-state index in [0.29, 0.717) is 11.5 Å². The number of para-hydroxylation sites is 3. The second kappa shape index (κ2) is 9.38. The molecular weight excluding hydrogens is 540 g/mol. The molecule has 3 heterocycles. The molecule has 6 aromatic carbocycles. The Bertz CT molecular complexity index is 2620. The number of fused-ring (bicyclic) bond motifs is 7. The van der Waals surface area contributed by atoms with Crippen molar-refractivity contribution in [3.05, 3.63) is 145 Å². The van der Waals surface area contributed by atoms with E-state index in [-0.39, 0.29) is 0 Å². The Morgan fingerprint density at radius 2 is 1.32 bits per heavy atom. The van der Waals surface area contributed by atoms with Gasteiger partial charge in [0, 0.05) is 38.2 Å². The van der Waals surface area contributed by atoms with Crippen LogP contribution < -0.4 is 0 Å². The lowest BCUT2D eigenvalue weighted by Crippen LogP contribution is -1.97. The fourth-order valence-corrected chi connectivity index (χ4v) is 6.37. The van der Waals surface area contributed by atoms with Crippen molar-refractivity contribution in [1.29, 1.82) is 0 Å². The third-order valence-electron chi connectivity index (χ3n) is 8.41. The van der Waals surface area contributed by atoms with E-state index < -0.39 is 0 Å². The van der Waals surface area contributed by atoms with Gasteiger partial charge in [0.1, 0.15) is 11.2 Å². The zero-order chi connectivity index (χ0) is 29.2. The molecule has 0 aliphatic rings. The van der Waals surface area contributed by atoms with Crippen molar-refractivity contribution in [1.82, 2.24) is 14.5 Å². The van der Waals surface area contributed by atoms with Gasteiger partial charge in [-0.15, -0.1) is 0 Å². The normalized spacial score (nSPS) is 11.6. The third-order valence-corrected chi connectivity index (χ3v) is 8.41. The van der Waals surface area contributed by atoms with Gasteiger partial charge in [0.25, 0.3) is 0 Å². The van der Waals surface area contributed by atoms with Crippen LogP contribution in [0.1, 0.15) is 0 Å². The number of furan rings is 1. The highest BCUT2D eigenvalue weighted by atomic mass is 16.3. The zero-order valence-electron chi connectivity index (χ0n) is 23.4. The summed E-state index contributed by atoms with van der Waals surface area (Å²) < 4.78 is 8.58. The number of benzene rings is 6. The van der Waals surface area contributed by atoms with Crippen molar-refractivity contribution in [2.45, 2.75) is 0 Å². The van der Waals surface area contributed by atoms with Crippen LogP contribution in [0.5, 0.6) is 0 Å². The van der Waals surface area contributed by atoms with Crippen LogP contribution in [0.3, 0.4) is 0 Å². The molecular formula is C39H22N4O. The molecule has 0 aliphatic carbocycles. The fourth-order valence-electron chi connectivity index (χ4n) is 6.37. The van der Waals surface area contributed by atoms with Crippen LogP contribution >= 0.6 is 0 Å². The predicted molar refractivity (Wildman–Crippen MR) is 178 cm³/mol. The Morgan fingerprint density at radius 3 is 2.18 bits per heavy atom. The van der Waals surface area contributed by atoms with Crippen LogP contribution in [-0.2, 0) is 0 Å². The lowest BCUT2D eigenvalue weighted by atomic mass is 10.1. The Kier molecular flexibility index (Phi) is 5.19. The average Bonchev–Trinajstić information content (AvgIpc) is 3.61. The van der Waals surface area contributed by atoms with Crippen LogP contribution in [-0.4, -0.2) is 14.5 Å². The first-order valence-electron chi connectivity index (χ1n) is 14.5. The molecule has 0 atom stereocenters. The smallest absolute Gasteiger partial charge is 0.187 e. The molecule has 0 bridgehead atoms. The maximum atomic E-state index is 7.34. The van der Waals surface area contributed by atoms with Crippen LogP contribution in [0, 0.1) is 6.57 Å². The Labute approximate surface area is 252 Å². The number of hydrogen-bond donors (Lipinski definition) is 0. The summed E-state index contributed by atoms with van der Waals surface area (Å²) in [5.41, 5.74) is 9.24. The van der Waals surface area contributed by atoms with Gasteiger partial charge in [0.15, 0.2) is 11.5 Å². The quantitative estimate of drug-likeness (QED) is 0.201. The standard InChI is InChI=1S/C39H22N4O/c1-40-26-19-17-24(18-20-26)38-30-13-2-5-14-33(30)41-39(42-38)25-9-8-10-27(21-25)43-34-15-6-3-11-28(34)31-23-37-32(22-35(31)43)29-12-4-7-16-36(29)44-37/h2-23H. The van der Waals surface area contributed by atoms with Gasteiger partial charge in [-0.3, -0.25) is 0 Å². The lowest BCUT2D eigenvalue weighted by molar-refractivity contribution is 0.669. The van der Waals surface area contributed by atoms with Gasteiger partial charge in [-0.1, -0.05) is 91.0 Å². The van der Waals surface area contributed by atoms with Gasteiger partial charge in [-0.05, 0) is 48.0 Å². The Morgan fingerprint density at radius 1 is 0.545 bits per heavy atom. The molecule has 0 N–H and O–H groups in total. The van der Waals surface area contributed by atoms with Gasteiger partial charge in [0.2, 0.25) is 0 Å². The van der Waals surface area contributed by atoms with Gasteiger partial charge in [-0.25, -0.2) is 14.8 Å². The van der Waals surface area contributed by atoms with Crippen molar-refractivity contribution >= 4 is 60.3 Å². The van der Waals surface area contributed by atoms with E-state index in [1.54, 1.807) is 0 Å². The fraction of sp³-hybridized carbons (Fsp3) is 0. The first-order valence-corrected chi connectivity index (χ1v) is 14.5. The second-order valence-corrected chi connectivity index (χ2v) is 10.9. The monoisotopic (exact) mass is 562 g/mol. The van der Waals surface area contributed by atoms with Crippen molar-refractivity contribution in [3.63, 3.8) is 0 Å². The predicted octanol–water partition coefficient (Wildman–Crippen LogP) is 10.5. The van der Waals surface area contributed by atoms with E-state index in [9.17, 15) is 0 Å². The highest BCUT2D eigenvalue weighted by Gasteiger charge is 2.17. The second-order valence-electron chi connectivity index (χ2n) is 10.9. The molecule has 3 aromatic heterocycles. The molecule has 5 heteroatoms. The molecule has 0 saturated heterocycles. The minimum absolute atomic E-state index is 0.604. The van der Waals surface area contributed by atoms with Gasteiger partial charge in [0.05, 0.1) is 28.8 Å². The summed E-state index contributed by atoms with van der Waals surface area (Å²) in [6.45, 7) is 7.34. The summed E-state index contributed by atoms with van der Waals surface area (Å²) >= 11 is 0. The Balaban J connectivity index is 1.27.